The number of rotatable bonds is 3. The van der Waals surface area contributed by atoms with E-state index >= 15 is 0 Å². The third-order valence-electron chi connectivity index (χ3n) is 5.10. The second kappa shape index (κ2) is 12.6. The number of pyridine rings is 1. The fourth-order valence-corrected chi connectivity index (χ4v) is 3.28. The normalized spacial score (nSPS) is 11.2. The van der Waals surface area contributed by atoms with Crippen molar-refractivity contribution in [1.29, 1.82) is 0 Å². The lowest BCUT2D eigenvalue weighted by Gasteiger charge is -2.10. The summed E-state index contributed by atoms with van der Waals surface area (Å²) in [5, 5.41) is 0. The standard InChI is InChI=1S/C14H11F3.C13H13N.2CH4/c1-10-4-2-3-5-13(10)11-6-8-12(9-7-11)14(15,16)17;1-11(12-7-3-2-4-8-12)13-9-5-6-10-14-13;;/h2-9H,1H3;2-11H,1H3;2*1H4. The molecule has 0 radical (unpaired) electrons. The molecule has 0 spiro atoms. The Morgan fingerprint density at radius 2 is 1.27 bits per heavy atom. The van der Waals surface area contributed by atoms with Gasteiger partial charge in [0.05, 0.1) is 5.56 Å². The van der Waals surface area contributed by atoms with Crippen LogP contribution < -0.4 is 0 Å². The van der Waals surface area contributed by atoms with Crippen LogP contribution in [0.3, 0.4) is 0 Å². The Morgan fingerprint density at radius 3 is 1.82 bits per heavy atom. The molecule has 0 aliphatic heterocycles. The van der Waals surface area contributed by atoms with Gasteiger partial charge in [-0.2, -0.15) is 13.2 Å². The lowest BCUT2D eigenvalue weighted by Crippen LogP contribution is -2.04. The van der Waals surface area contributed by atoms with Crippen molar-refractivity contribution in [3.05, 3.63) is 126 Å². The van der Waals surface area contributed by atoms with Crippen molar-refractivity contribution in [2.24, 2.45) is 0 Å². The third-order valence-corrected chi connectivity index (χ3v) is 5.10. The summed E-state index contributed by atoms with van der Waals surface area (Å²) in [6.07, 6.45) is -2.43. The molecule has 33 heavy (non-hydrogen) atoms. The van der Waals surface area contributed by atoms with Crippen LogP contribution in [0.1, 0.15) is 50.1 Å². The molecule has 0 fully saturated rings. The number of halogens is 3. The Morgan fingerprint density at radius 1 is 0.697 bits per heavy atom. The lowest BCUT2D eigenvalue weighted by atomic mass is 9.97. The fraction of sp³-hybridized carbons (Fsp3) is 0.207. The van der Waals surface area contributed by atoms with Crippen LogP contribution in [0.5, 0.6) is 0 Å². The van der Waals surface area contributed by atoms with Crippen LogP contribution in [0.25, 0.3) is 11.1 Å². The van der Waals surface area contributed by atoms with Crippen molar-refractivity contribution in [2.75, 3.05) is 0 Å². The van der Waals surface area contributed by atoms with Crippen molar-refractivity contribution in [1.82, 2.24) is 4.98 Å². The molecule has 1 heterocycles. The van der Waals surface area contributed by atoms with E-state index in [4.69, 9.17) is 0 Å². The van der Waals surface area contributed by atoms with Gasteiger partial charge in [0, 0.05) is 17.8 Å². The highest BCUT2D eigenvalue weighted by atomic mass is 19.4. The Balaban J connectivity index is 0.000000316. The average Bonchev–Trinajstić information content (AvgIpc) is 2.80. The zero-order valence-corrected chi connectivity index (χ0v) is 17.5. The quantitative estimate of drug-likeness (QED) is 0.302. The number of hydrogen-bond acceptors (Lipinski definition) is 1. The molecule has 4 aromatic rings. The van der Waals surface area contributed by atoms with Gasteiger partial charge in [-0.15, -0.1) is 0 Å². The number of alkyl halides is 3. The minimum atomic E-state index is -4.27. The summed E-state index contributed by atoms with van der Waals surface area (Å²) in [5.74, 6) is 0.373. The number of benzene rings is 3. The highest BCUT2D eigenvalue weighted by molar-refractivity contribution is 5.67. The van der Waals surface area contributed by atoms with Crippen LogP contribution >= 0.6 is 0 Å². The van der Waals surface area contributed by atoms with E-state index < -0.39 is 11.7 Å². The number of hydrogen-bond donors (Lipinski definition) is 0. The summed E-state index contributed by atoms with van der Waals surface area (Å²) in [6.45, 7) is 4.12. The van der Waals surface area contributed by atoms with Crippen molar-refractivity contribution in [2.45, 2.75) is 40.8 Å². The second-order valence-corrected chi connectivity index (χ2v) is 7.28. The molecule has 174 valence electrons. The van der Waals surface area contributed by atoms with Gasteiger partial charge in [0.25, 0.3) is 0 Å². The van der Waals surface area contributed by atoms with Gasteiger partial charge in [-0.1, -0.05) is 94.6 Å². The molecule has 0 aliphatic rings. The van der Waals surface area contributed by atoms with E-state index in [0.717, 1.165) is 34.5 Å². The van der Waals surface area contributed by atoms with E-state index in [2.05, 4.69) is 42.2 Å². The van der Waals surface area contributed by atoms with Gasteiger partial charge < -0.3 is 0 Å². The topological polar surface area (TPSA) is 12.9 Å². The van der Waals surface area contributed by atoms with Gasteiger partial charge in [0.2, 0.25) is 0 Å². The number of aromatic nitrogens is 1. The molecule has 0 aliphatic carbocycles. The van der Waals surface area contributed by atoms with Crippen LogP contribution in [0.4, 0.5) is 13.2 Å². The first-order valence-corrected chi connectivity index (χ1v) is 10.1. The molecule has 1 atom stereocenters. The molecule has 3 aromatic carbocycles. The van der Waals surface area contributed by atoms with E-state index in [9.17, 15) is 13.2 Å². The maximum atomic E-state index is 12.4. The van der Waals surface area contributed by atoms with E-state index in [1.165, 1.54) is 17.7 Å². The summed E-state index contributed by atoms with van der Waals surface area (Å²) in [5.41, 5.74) is 4.63. The highest BCUT2D eigenvalue weighted by Crippen LogP contribution is 2.31. The molecule has 1 aromatic heterocycles. The van der Waals surface area contributed by atoms with Crippen LogP contribution in [-0.4, -0.2) is 4.98 Å². The Kier molecular flexibility index (Phi) is 10.5. The summed E-state index contributed by atoms with van der Waals surface area (Å²) >= 11 is 0. The minimum Gasteiger partial charge on any atom is -0.261 e. The van der Waals surface area contributed by atoms with Gasteiger partial charge in [0.15, 0.2) is 0 Å². The molecule has 4 rings (SSSR count). The van der Waals surface area contributed by atoms with Gasteiger partial charge >= 0.3 is 6.18 Å². The number of aryl methyl sites for hydroxylation is 1. The minimum absolute atomic E-state index is 0. The Bertz CT molecular complexity index is 1030. The molecule has 0 saturated carbocycles. The first kappa shape index (κ1) is 27.6. The van der Waals surface area contributed by atoms with Crippen molar-refractivity contribution >= 4 is 0 Å². The van der Waals surface area contributed by atoms with Crippen molar-refractivity contribution in [3.63, 3.8) is 0 Å². The molecule has 0 amide bonds. The summed E-state index contributed by atoms with van der Waals surface area (Å²) in [6, 6.07) is 29.3. The predicted molar refractivity (Wildman–Crippen MR) is 133 cm³/mol. The Hall–Kier alpha value is -3.40. The van der Waals surface area contributed by atoms with E-state index in [1.807, 2.05) is 55.6 Å². The molecule has 4 heteroatoms. The van der Waals surface area contributed by atoms with Crippen LogP contribution in [0.15, 0.2) is 103 Å². The molecule has 0 bridgehead atoms. The average molecular weight is 452 g/mol. The SMILES string of the molecule is C.C.CC(c1ccccc1)c1ccccn1.Cc1ccccc1-c1ccc(C(F)(F)F)cc1. The fourth-order valence-electron chi connectivity index (χ4n) is 3.28. The van der Waals surface area contributed by atoms with Crippen molar-refractivity contribution in [3.8, 4) is 11.1 Å². The largest absolute Gasteiger partial charge is 0.416 e. The van der Waals surface area contributed by atoms with Gasteiger partial charge in [0.1, 0.15) is 0 Å². The highest BCUT2D eigenvalue weighted by Gasteiger charge is 2.29. The first-order chi connectivity index (χ1) is 14.9. The van der Waals surface area contributed by atoms with Gasteiger partial charge in [-0.05, 0) is 53.4 Å². The van der Waals surface area contributed by atoms with Crippen LogP contribution in [0.2, 0.25) is 0 Å². The molecule has 0 saturated heterocycles. The molecule has 0 N–H and O–H groups in total. The molecular weight excluding hydrogens is 419 g/mol. The zero-order valence-electron chi connectivity index (χ0n) is 17.5. The molecule has 1 nitrogen and oxygen atoms in total. The second-order valence-electron chi connectivity index (χ2n) is 7.28. The van der Waals surface area contributed by atoms with Crippen LogP contribution in [-0.2, 0) is 6.18 Å². The van der Waals surface area contributed by atoms with E-state index in [0.29, 0.717) is 5.92 Å². The van der Waals surface area contributed by atoms with E-state index in [1.54, 1.807) is 0 Å². The Labute approximate surface area is 196 Å². The predicted octanol–water partition coefficient (Wildman–Crippen LogP) is 9.19. The zero-order chi connectivity index (χ0) is 22.3. The summed E-state index contributed by atoms with van der Waals surface area (Å²) in [4.78, 5) is 4.36. The maximum Gasteiger partial charge on any atom is 0.416 e. The van der Waals surface area contributed by atoms with Crippen molar-refractivity contribution < 1.29 is 13.2 Å². The molecule has 1 unspecified atom stereocenters. The monoisotopic (exact) mass is 451 g/mol. The van der Waals surface area contributed by atoms with E-state index in [-0.39, 0.29) is 14.9 Å². The lowest BCUT2D eigenvalue weighted by molar-refractivity contribution is -0.137. The number of nitrogens with zero attached hydrogens (tertiary/aromatic N) is 1. The summed E-state index contributed by atoms with van der Waals surface area (Å²) < 4.78 is 37.2. The smallest absolute Gasteiger partial charge is 0.261 e. The maximum absolute atomic E-state index is 12.4. The van der Waals surface area contributed by atoms with Gasteiger partial charge in [-0.25, -0.2) is 0 Å². The first-order valence-electron chi connectivity index (χ1n) is 10.1. The van der Waals surface area contributed by atoms with Crippen LogP contribution in [0, 0.1) is 6.92 Å². The van der Waals surface area contributed by atoms with Gasteiger partial charge in [-0.3, -0.25) is 4.98 Å². The summed E-state index contributed by atoms with van der Waals surface area (Å²) in [7, 11) is 0. The third kappa shape index (κ3) is 7.60. The molecular formula is C29H32F3N.